The molecule has 2 heterocycles. The first-order valence-electron chi connectivity index (χ1n) is 7.83. The summed E-state index contributed by atoms with van der Waals surface area (Å²) in [5.74, 6) is -0.853. The number of rotatable bonds is 4. The minimum atomic E-state index is -0.410. The highest BCUT2D eigenvalue weighted by atomic mass is 32.1. The summed E-state index contributed by atoms with van der Waals surface area (Å²) < 4.78 is 0. The SMILES string of the molecule is CC(=O)Nc1ccc(N2C[C@H](C(=O)Nc3nc(C)cs3)CC2=O)cc1. The van der Waals surface area contributed by atoms with Gasteiger partial charge in [-0.25, -0.2) is 4.98 Å². The van der Waals surface area contributed by atoms with Crippen molar-refractivity contribution in [3.8, 4) is 0 Å². The average molecular weight is 358 g/mol. The van der Waals surface area contributed by atoms with Gasteiger partial charge in [-0.05, 0) is 31.2 Å². The van der Waals surface area contributed by atoms with Crippen molar-refractivity contribution < 1.29 is 14.4 Å². The van der Waals surface area contributed by atoms with Crippen LogP contribution in [0.5, 0.6) is 0 Å². The maximum absolute atomic E-state index is 12.4. The van der Waals surface area contributed by atoms with Gasteiger partial charge in [-0.3, -0.25) is 14.4 Å². The lowest BCUT2D eigenvalue weighted by Crippen LogP contribution is -2.28. The minimum Gasteiger partial charge on any atom is -0.326 e. The van der Waals surface area contributed by atoms with Crippen LogP contribution in [0.4, 0.5) is 16.5 Å². The molecule has 3 rings (SSSR count). The van der Waals surface area contributed by atoms with Crippen molar-refractivity contribution in [2.45, 2.75) is 20.3 Å². The number of benzene rings is 1. The van der Waals surface area contributed by atoms with Crippen LogP contribution in [0.2, 0.25) is 0 Å². The number of carbonyl (C=O) groups is 3. The number of hydrogen-bond acceptors (Lipinski definition) is 5. The molecule has 2 aromatic rings. The Bertz CT molecular complexity index is 816. The molecule has 1 aromatic carbocycles. The fourth-order valence-electron chi connectivity index (χ4n) is 2.68. The Labute approximate surface area is 149 Å². The van der Waals surface area contributed by atoms with Gasteiger partial charge in [0.25, 0.3) is 0 Å². The van der Waals surface area contributed by atoms with Gasteiger partial charge in [0.1, 0.15) is 0 Å². The van der Waals surface area contributed by atoms with Crippen molar-refractivity contribution in [1.82, 2.24) is 4.98 Å². The molecule has 0 aliphatic carbocycles. The molecule has 3 amide bonds. The first-order chi connectivity index (χ1) is 11.9. The molecular weight excluding hydrogens is 340 g/mol. The van der Waals surface area contributed by atoms with Crippen molar-refractivity contribution in [2.24, 2.45) is 5.92 Å². The maximum Gasteiger partial charge on any atom is 0.231 e. The number of hydrogen-bond donors (Lipinski definition) is 2. The maximum atomic E-state index is 12.4. The highest BCUT2D eigenvalue weighted by Crippen LogP contribution is 2.27. The molecule has 1 atom stereocenters. The highest BCUT2D eigenvalue weighted by molar-refractivity contribution is 7.13. The predicted octanol–water partition coefficient (Wildman–Crippen LogP) is 2.40. The highest BCUT2D eigenvalue weighted by Gasteiger charge is 2.35. The van der Waals surface area contributed by atoms with Gasteiger partial charge in [-0.1, -0.05) is 0 Å². The van der Waals surface area contributed by atoms with Crippen LogP contribution >= 0.6 is 11.3 Å². The zero-order valence-electron chi connectivity index (χ0n) is 13.9. The quantitative estimate of drug-likeness (QED) is 0.878. The van der Waals surface area contributed by atoms with Crippen LogP contribution in [0.3, 0.4) is 0 Å². The van der Waals surface area contributed by atoms with Gasteiger partial charge in [-0.15, -0.1) is 11.3 Å². The largest absolute Gasteiger partial charge is 0.326 e. The fraction of sp³-hybridized carbons (Fsp3) is 0.294. The van der Waals surface area contributed by atoms with E-state index in [4.69, 9.17) is 0 Å². The molecule has 0 bridgehead atoms. The molecule has 1 fully saturated rings. The molecule has 130 valence electrons. The van der Waals surface area contributed by atoms with E-state index in [0.29, 0.717) is 23.1 Å². The Morgan fingerprint density at radius 2 is 1.96 bits per heavy atom. The predicted molar refractivity (Wildman–Crippen MR) is 96.7 cm³/mol. The van der Waals surface area contributed by atoms with Crippen molar-refractivity contribution in [3.05, 3.63) is 35.3 Å². The van der Waals surface area contributed by atoms with E-state index < -0.39 is 5.92 Å². The Balaban J connectivity index is 1.65. The number of nitrogens with one attached hydrogen (secondary N) is 2. The smallest absolute Gasteiger partial charge is 0.231 e. The van der Waals surface area contributed by atoms with Crippen LogP contribution in [-0.4, -0.2) is 29.3 Å². The van der Waals surface area contributed by atoms with E-state index in [1.54, 1.807) is 29.2 Å². The topological polar surface area (TPSA) is 91.4 Å². The standard InChI is InChI=1S/C17H18N4O3S/c1-10-9-25-17(18-10)20-16(24)12-7-15(23)21(8-12)14-5-3-13(4-6-14)19-11(2)22/h3-6,9,12H,7-8H2,1-2H3,(H,19,22)(H,18,20,24)/t12-/m1/s1. The Morgan fingerprint density at radius 1 is 1.24 bits per heavy atom. The number of aromatic nitrogens is 1. The summed E-state index contributed by atoms with van der Waals surface area (Å²) in [6, 6.07) is 6.98. The molecule has 1 aliphatic heterocycles. The summed E-state index contributed by atoms with van der Waals surface area (Å²) >= 11 is 1.36. The summed E-state index contributed by atoms with van der Waals surface area (Å²) in [6.45, 7) is 3.62. The monoisotopic (exact) mass is 358 g/mol. The molecule has 7 nitrogen and oxygen atoms in total. The first-order valence-corrected chi connectivity index (χ1v) is 8.71. The third kappa shape index (κ3) is 4.03. The normalized spacial score (nSPS) is 16.8. The van der Waals surface area contributed by atoms with E-state index in [1.165, 1.54) is 18.3 Å². The van der Waals surface area contributed by atoms with Crippen LogP contribution in [0.1, 0.15) is 19.0 Å². The average Bonchev–Trinajstić information content (AvgIpc) is 3.13. The molecule has 1 saturated heterocycles. The fourth-order valence-corrected chi connectivity index (χ4v) is 3.37. The van der Waals surface area contributed by atoms with Gasteiger partial charge in [-0.2, -0.15) is 0 Å². The number of carbonyl (C=O) groups excluding carboxylic acids is 3. The van der Waals surface area contributed by atoms with Gasteiger partial charge in [0, 0.05) is 36.6 Å². The lowest BCUT2D eigenvalue weighted by Gasteiger charge is -2.17. The van der Waals surface area contributed by atoms with Crippen molar-refractivity contribution in [1.29, 1.82) is 0 Å². The summed E-state index contributed by atoms with van der Waals surface area (Å²) in [5.41, 5.74) is 2.22. The molecule has 0 spiro atoms. The second kappa shape index (κ2) is 7.02. The number of aryl methyl sites for hydroxylation is 1. The van der Waals surface area contributed by atoms with E-state index in [2.05, 4.69) is 15.6 Å². The second-order valence-electron chi connectivity index (χ2n) is 5.92. The van der Waals surface area contributed by atoms with Gasteiger partial charge < -0.3 is 15.5 Å². The van der Waals surface area contributed by atoms with Gasteiger partial charge >= 0.3 is 0 Å². The molecule has 2 N–H and O–H groups in total. The van der Waals surface area contributed by atoms with Crippen LogP contribution < -0.4 is 15.5 Å². The Hall–Kier alpha value is -2.74. The molecule has 1 aromatic heterocycles. The van der Waals surface area contributed by atoms with Gasteiger partial charge in [0.05, 0.1) is 11.6 Å². The van der Waals surface area contributed by atoms with E-state index in [0.717, 1.165) is 5.69 Å². The van der Waals surface area contributed by atoms with Crippen LogP contribution in [0.25, 0.3) is 0 Å². The van der Waals surface area contributed by atoms with Crippen molar-refractivity contribution in [3.63, 3.8) is 0 Å². The van der Waals surface area contributed by atoms with Crippen LogP contribution in [0, 0.1) is 12.8 Å². The van der Waals surface area contributed by atoms with Crippen LogP contribution in [-0.2, 0) is 14.4 Å². The number of anilines is 3. The second-order valence-corrected chi connectivity index (χ2v) is 6.77. The first kappa shape index (κ1) is 17.1. The van der Waals surface area contributed by atoms with E-state index in [1.807, 2.05) is 12.3 Å². The van der Waals surface area contributed by atoms with Crippen molar-refractivity contribution >= 4 is 45.6 Å². The zero-order chi connectivity index (χ0) is 18.0. The summed E-state index contributed by atoms with van der Waals surface area (Å²) in [4.78, 5) is 41.5. The molecular formula is C17H18N4O3S. The minimum absolute atomic E-state index is 0.0947. The van der Waals surface area contributed by atoms with E-state index in [9.17, 15) is 14.4 Å². The molecule has 0 saturated carbocycles. The number of nitrogens with zero attached hydrogens (tertiary/aromatic N) is 2. The van der Waals surface area contributed by atoms with Crippen molar-refractivity contribution in [2.75, 3.05) is 22.1 Å². The molecule has 0 radical (unpaired) electrons. The Kier molecular flexibility index (Phi) is 4.80. The lowest BCUT2D eigenvalue weighted by molar-refractivity contribution is -0.122. The summed E-state index contributed by atoms with van der Waals surface area (Å²) in [7, 11) is 0. The Morgan fingerprint density at radius 3 is 2.56 bits per heavy atom. The van der Waals surface area contributed by atoms with Gasteiger partial charge in [0.15, 0.2) is 5.13 Å². The molecule has 25 heavy (non-hydrogen) atoms. The molecule has 1 aliphatic rings. The number of thiazole rings is 1. The molecule has 0 unspecified atom stereocenters. The molecule has 8 heteroatoms. The third-order valence-corrected chi connectivity index (χ3v) is 4.72. The lowest BCUT2D eigenvalue weighted by atomic mass is 10.1. The zero-order valence-corrected chi connectivity index (χ0v) is 14.7. The van der Waals surface area contributed by atoms with Crippen LogP contribution in [0.15, 0.2) is 29.6 Å². The van der Waals surface area contributed by atoms with E-state index in [-0.39, 0.29) is 24.1 Å². The summed E-state index contributed by atoms with van der Waals surface area (Å²) in [6.07, 6.45) is 0.170. The summed E-state index contributed by atoms with van der Waals surface area (Å²) in [5, 5.41) is 7.86. The van der Waals surface area contributed by atoms with Gasteiger partial charge in [0.2, 0.25) is 17.7 Å². The number of amides is 3. The van der Waals surface area contributed by atoms with E-state index >= 15 is 0 Å². The third-order valence-electron chi connectivity index (χ3n) is 3.84.